The van der Waals surface area contributed by atoms with E-state index in [0.29, 0.717) is 19.4 Å². The van der Waals surface area contributed by atoms with Gasteiger partial charge in [0, 0.05) is 6.42 Å². The summed E-state index contributed by atoms with van der Waals surface area (Å²) in [5.41, 5.74) is 14.0. The molecule has 7 N–H and O–H groups in total. The van der Waals surface area contributed by atoms with Gasteiger partial charge in [-0.3, -0.25) is 16.0 Å². The van der Waals surface area contributed by atoms with E-state index in [0.717, 1.165) is 0 Å². The molecule has 0 bridgehead atoms. The second kappa shape index (κ2) is 5.36. The first kappa shape index (κ1) is 11.7. The van der Waals surface area contributed by atoms with Crippen LogP contribution in [0.2, 0.25) is 0 Å². The molecule has 0 saturated carbocycles. The maximum atomic E-state index is 10.3. The van der Waals surface area contributed by atoms with Crippen LogP contribution in [-0.4, -0.2) is 36.1 Å². The van der Waals surface area contributed by atoms with Gasteiger partial charge in [-0.15, -0.1) is 0 Å². The molecule has 0 aromatic carbocycles. The van der Waals surface area contributed by atoms with Gasteiger partial charge in [0.15, 0.2) is 0 Å². The molecule has 0 aliphatic carbocycles. The molecule has 0 aliphatic rings. The van der Waals surface area contributed by atoms with Crippen LogP contribution in [0.15, 0.2) is 0 Å². The molecule has 0 aliphatic heterocycles. The Balaban J connectivity index is 3.69. The van der Waals surface area contributed by atoms with Crippen molar-refractivity contribution < 1.29 is 20.2 Å². The Morgan fingerprint density at radius 2 is 2.15 bits per heavy atom. The van der Waals surface area contributed by atoms with Crippen molar-refractivity contribution in [3.8, 4) is 0 Å². The average Bonchev–Trinajstić information content (AvgIpc) is 2.03. The summed E-state index contributed by atoms with van der Waals surface area (Å²) in [6.45, 7) is 0.627. The maximum Gasteiger partial charge on any atom is 0.340 e. The van der Waals surface area contributed by atoms with Gasteiger partial charge in [-0.1, -0.05) is 0 Å². The van der Waals surface area contributed by atoms with Crippen molar-refractivity contribution in [3.05, 3.63) is 0 Å². The number of hydrogen-bond acceptors (Lipinski definition) is 2. The Morgan fingerprint density at radius 1 is 1.62 bits per heavy atom. The van der Waals surface area contributed by atoms with E-state index in [2.05, 4.69) is 5.73 Å². The lowest BCUT2D eigenvalue weighted by molar-refractivity contribution is -0.502. The highest BCUT2D eigenvalue weighted by Crippen LogP contribution is 1.91. The Morgan fingerprint density at radius 3 is 2.54 bits per heavy atom. The SMILES string of the molecule is C[N+](CCCC([NH3+])C(=O)[O-])=C(N)N. The molecule has 0 spiro atoms. The van der Waals surface area contributed by atoms with Crippen molar-refractivity contribution in [2.75, 3.05) is 13.6 Å². The number of rotatable bonds is 5. The topological polar surface area (TPSA) is 123 Å². The third-order valence-corrected chi connectivity index (χ3v) is 1.82. The van der Waals surface area contributed by atoms with E-state index >= 15 is 0 Å². The molecule has 6 heteroatoms. The number of carbonyl (C=O) groups is 1. The Labute approximate surface area is 77.0 Å². The second-order valence-corrected chi connectivity index (χ2v) is 3.00. The van der Waals surface area contributed by atoms with E-state index < -0.39 is 12.0 Å². The molecule has 0 rings (SSSR count). The standard InChI is InChI=1S/C7H16N4O2/c1-11(7(9)10)4-2-3-5(8)6(12)13/h5H,2-4,8H2,1H3,(H4,9,10,12,13)/p+1. The molecule has 13 heavy (non-hydrogen) atoms. The fourth-order valence-corrected chi connectivity index (χ4v) is 0.822. The molecule has 0 fully saturated rings. The van der Waals surface area contributed by atoms with Crippen LogP contribution in [0.3, 0.4) is 0 Å². The van der Waals surface area contributed by atoms with Crippen LogP contribution in [0, 0.1) is 0 Å². The first-order valence-electron chi connectivity index (χ1n) is 4.08. The van der Waals surface area contributed by atoms with E-state index in [1.807, 2.05) is 0 Å². The van der Waals surface area contributed by atoms with Gasteiger partial charge in [0.1, 0.15) is 6.04 Å². The van der Waals surface area contributed by atoms with Gasteiger partial charge in [0.05, 0.1) is 19.6 Å². The maximum absolute atomic E-state index is 10.3. The minimum Gasteiger partial charge on any atom is -0.544 e. The lowest BCUT2D eigenvalue weighted by atomic mass is 10.2. The number of nitrogens with two attached hydrogens (primary N) is 2. The second-order valence-electron chi connectivity index (χ2n) is 3.00. The Bertz CT molecular complexity index is 211. The van der Waals surface area contributed by atoms with Crippen molar-refractivity contribution in [3.63, 3.8) is 0 Å². The number of carboxylic acid groups (broad SMARTS) is 1. The number of guanidine groups is 1. The first-order valence-corrected chi connectivity index (χ1v) is 4.08. The summed E-state index contributed by atoms with van der Waals surface area (Å²) in [6.07, 6.45) is 1.15. The van der Waals surface area contributed by atoms with Crippen molar-refractivity contribution in [2.45, 2.75) is 18.9 Å². The minimum atomic E-state index is -1.12. The van der Waals surface area contributed by atoms with Gasteiger partial charge in [-0.05, 0) is 6.42 Å². The van der Waals surface area contributed by atoms with Gasteiger partial charge in [0.2, 0.25) is 0 Å². The van der Waals surface area contributed by atoms with Crippen LogP contribution in [0.25, 0.3) is 0 Å². The van der Waals surface area contributed by atoms with Gasteiger partial charge in [0.25, 0.3) is 0 Å². The Kier molecular flexibility index (Phi) is 4.83. The number of carboxylic acids is 1. The average molecular weight is 189 g/mol. The highest BCUT2D eigenvalue weighted by atomic mass is 16.4. The van der Waals surface area contributed by atoms with Crippen molar-refractivity contribution in [1.29, 1.82) is 0 Å². The smallest absolute Gasteiger partial charge is 0.340 e. The fraction of sp³-hybridized carbons (Fsp3) is 0.714. The van der Waals surface area contributed by atoms with Gasteiger partial charge >= 0.3 is 5.96 Å². The number of carbonyl (C=O) groups excluding carboxylic acids is 1. The summed E-state index contributed by atoms with van der Waals surface area (Å²) in [5.74, 6) is -0.888. The summed E-state index contributed by atoms with van der Waals surface area (Å²) in [4.78, 5) is 10.3. The zero-order valence-electron chi connectivity index (χ0n) is 7.82. The summed E-state index contributed by atoms with van der Waals surface area (Å²) >= 11 is 0. The summed E-state index contributed by atoms with van der Waals surface area (Å²) in [5, 5.41) is 10.3. The van der Waals surface area contributed by atoms with Crippen LogP contribution in [0.1, 0.15) is 12.8 Å². The molecule has 0 aromatic rings. The van der Waals surface area contributed by atoms with E-state index in [4.69, 9.17) is 11.5 Å². The summed E-state index contributed by atoms with van der Waals surface area (Å²) in [7, 11) is 1.74. The van der Waals surface area contributed by atoms with Crippen molar-refractivity contribution >= 4 is 11.9 Å². The molecule has 6 nitrogen and oxygen atoms in total. The highest BCUT2D eigenvalue weighted by Gasteiger charge is 2.07. The van der Waals surface area contributed by atoms with Crippen LogP contribution in [-0.2, 0) is 4.79 Å². The third kappa shape index (κ3) is 5.02. The van der Waals surface area contributed by atoms with Crippen LogP contribution >= 0.6 is 0 Å². The fourth-order valence-electron chi connectivity index (χ4n) is 0.822. The quantitative estimate of drug-likeness (QED) is 0.232. The molecule has 1 atom stereocenters. The minimum absolute atomic E-state index is 0.231. The number of aliphatic carboxylic acids is 1. The number of hydrogen-bond donors (Lipinski definition) is 3. The molecule has 0 heterocycles. The van der Waals surface area contributed by atoms with Crippen LogP contribution in [0.5, 0.6) is 0 Å². The van der Waals surface area contributed by atoms with Gasteiger partial charge < -0.3 is 15.6 Å². The van der Waals surface area contributed by atoms with Gasteiger partial charge in [-0.2, -0.15) is 0 Å². The highest BCUT2D eigenvalue weighted by molar-refractivity contribution is 5.70. The zero-order valence-corrected chi connectivity index (χ0v) is 7.82. The normalized spacial score (nSPS) is 12.2. The molecule has 1 unspecified atom stereocenters. The molecule has 0 amide bonds. The molecule has 0 aromatic heterocycles. The molecule has 76 valence electrons. The monoisotopic (exact) mass is 189 g/mol. The van der Waals surface area contributed by atoms with E-state index in [1.165, 1.54) is 0 Å². The molecule has 0 saturated heterocycles. The van der Waals surface area contributed by atoms with E-state index in [1.54, 1.807) is 11.6 Å². The lowest BCUT2D eigenvalue weighted by Crippen LogP contribution is -2.68. The zero-order chi connectivity index (χ0) is 10.4. The predicted molar refractivity (Wildman–Crippen MR) is 45.4 cm³/mol. The molecule has 0 radical (unpaired) electrons. The number of quaternary nitrogens is 1. The van der Waals surface area contributed by atoms with Crippen LogP contribution in [0.4, 0.5) is 0 Å². The largest absolute Gasteiger partial charge is 0.544 e. The summed E-state index contributed by atoms with van der Waals surface area (Å²) < 4.78 is 1.65. The third-order valence-electron chi connectivity index (χ3n) is 1.82. The van der Waals surface area contributed by atoms with Gasteiger partial charge in [-0.25, -0.2) is 0 Å². The van der Waals surface area contributed by atoms with Crippen molar-refractivity contribution in [2.24, 2.45) is 11.5 Å². The molecular formula is C7H17N4O2+. The first-order chi connectivity index (χ1) is 5.95. The summed E-state index contributed by atoms with van der Waals surface area (Å²) in [6, 6.07) is -0.660. The van der Waals surface area contributed by atoms with Crippen LogP contribution < -0.4 is 22.3 Å². The molecular weight excluding hydrogens is 172 g/mol. The van der Waals surface area contributed by atoms with Crippen molar-refractivity contribution in [1.82, 2.24) is 0 Å². The number of nitrogens with zero attached hydrogens (tertiary/aromatic N) is 1. The lowest BCUT2D eigenvalue weighted by Gasteiger charge is -2.08. The van der Waals surface area contributed by atoms with E-state index in [-0.39, 0.29) is 5.96 Å². The Hall–Kier alpha value is -1.30. The van der Waals surface area contributed by atoms with E-state index in [9.17, 15) is 9.90 Å². The predicted octanol–water partition coefficient (Wildman–Crippen LogP) is -3.96.